The lowest BCUT2D eigenvalue weighted by molar-refractivity contribution is -0.142. The Hall–Kier alpha value is -2.83. The zero-order chi connectivity index (χ0) is 19.0. The summed E-state index contributed by atoms with van der Waals surface area (Å²) in [5.74, 6) is -0.519. The average Bonchev–Trinajstić information content (AvgIpc) is 3.26. The van der Waals surface area contributed by atoms with Gasteiger partial charge in [0.05, 0.1) is 11.6 Å². The van der Waals surface area contributed by atoms with Gasteiger partial charge in [0, 0.05) is 30.0 Å². The first kappa shape index (κ1) is 17.6. The molecular weight excluding hydrogens is 348 g/mol. The maximum atomic E-state index is 12.3. The second-order valence-corrected chi connectivity index (χ2v) is 7.33. The third-order valence-corrected chi connectivity index (χ3v) is 5.62. The lowest BCUT2D eigenvalue weighted by atomic mass is 9.89. The minimum atomic E-state index is -0.840. The predicted octanol–water partition coefficient (Wildman–Crippen LogP) is 2.45. The molecule has 4 rings (SSSR count). The number of aliphatic carboxylic acids is 1. The lowest BCUT2D eigenvalue weighted by Crippen LogP contribution is -2.40. The van der Waals surface area contributed by atoms with Crippen molar-refractivity contribution in [3.05, 3.63) is 35.0 Å². The molecule has 0 spiro atoms. The maximum Gasteiger partial charge on any atom is 0.308 e. The molecular formula is C20H22N2O5. The van der Waals surface area contributed by atoms with Crippen LogP contribution in [0.5, 0.6) is 5.75 Å². The molecule has 27 heavy (non-hydrogen) atoms. The van der Waals surface area contributed by atoms with E-state index in [1.807, 2.05) is 6.07 Å². The highest BCUT2D eigenvalue weighted by Crippen LogP contribution is 2.37. The van der Waals surface area contributed by atoms with E-state index in [2.05, 4.69) is 10.5 Å². The van der Waals surface area contributed by atoms with Crippen molar-refractivity contribution in [2.24, 2.45) is 5.92 Å². The van der Waals surface area contributed by atoms with Gasteiger partial charge in [0.15, 0.2) is 5.76 Å². The molecule has 0 bridgehead atoms. The first-order chi connectivity index (χ1) is 13.0. The van der Waals surface area contributed by atoms with Gasteiger partial charge in [0.1, 0.15) is 5.75 Å². The van der Waals surface area contributed by atoms with Crippen LogP contribution in [0.15, 0.2) is 22.7 Å². The van der Waals surface area contributed by atoms with Gasteiger partial charge in [-0.1, -0.05) is 11.6 Å². The van der Waals surface area contributed by atoms with Gasteiger partial charge in [0.2, 0.25) is 5.91 Å². The average molecular weight is 370 g/mol. The van der Waals surface area contributed by atoms with Crippen LogP contribution in [-0.4, -0.2) is 33.3 Å². The van der Waals surface area contributed by atoms with Gasteiger partial charge in [-0.15, -0.1) is 0 Å². The maximum absolute atomic E-state index is 12.3. The minimum Gasteiger partial charge on any atom is -0.508 e. The highest BCUT2D eigenvalue weighted by atomic mass is 16.5. The molecule has 2 atom stereocenters. The Morgan fingerprint density at radius 1 is 1.26 bits per heavy atom. The van der Waals surface area contributed by atoms with Crippen molar-refractivity contribution in [2.75, 3.05) is 0 Å². The lowest BCUT2D eigenvalue weighted by Gasteiger charge is -2.17. The number of fused-ring (bicyclic) bond motifs is 3. The molecule has 7 heteroatoms. The number of hydrogen-bond donors (Lipinski definition) is 3. The van der Waals surface area contributed by atoms with Crippen LogP contribution in [0, 0.1) is 5.92 Å². The van der Waals surface area contributed by atoms with Crippen LogP contribution in [0.3, 0.4) is 0 Å². The molecule has 0 aliphatic heterocycles. The summed E-state index contributed by atoms with van der Waals surface area (Å²) in [6.07, 6.45) is 4.42. The molecule has 1 aromatic carbocycles. The first-order valence-electron chi connectivity index (χ1n) is 9.35. The summed E-state index contributed by atoms with van der Waals surface area (Å²) in [7, 11) is 0. The van der Waals surface area contributed by atoms with E-state index in [1.54, 1.807) is 12.1 Å². The second kappa shape index (κ2) is 7.06. The van der Waals surface area contributed by atoms with Crippen molar-refractivity contribution in [1.29, 1.82) is 0 Å². The number of rotatable bonds is 5. The summed E-state index contributed by atoms with van der Waals surface area (Å²) >= 11 is 0. The van der Waals surface area contributed by atoms with Crippen LogP contribution in [0.4, 0.5) is 0 Å². The number of phenolic OH excluding ortho intramolecular Hbond substituents is 1. The Morgan fingerprint density at radius 3 is 2.93 bits per heavy atom. The Bertz CT molecular complexity index is 888. The quantitative estimate of drug-likeness (QED) is 0.745. The van der Waals surface area contributed by atoms with Gasteiger partial charge in [-0.3, -0.25) is 9.59 Å². The number of nitrogens with one attached hydrogen (secondary N) is 1. The fourth-order valence-electron chi connectivity index (χ4n) is 4.22. The van der Waals surface area contributed by atoms with Gasteiger partial charge >= 0.3 is 5.97 Å². The van der Waals surface area contributed by atoms with Gasteiger partial charge in [0.25, 0.3) is 0 Å². The number of amides is 1. The number of carbonyl (C=O) groups excluding carboxylic acids is 1. The zero-order valence-corrected chi connectivity index (χ0v) is 14.9. The van der Waals surface area contributed by atoms with Gasteiger partial charge < -0.3 is 20.1 Å². The van der Waals surface area contributed by atoms with E-state index in [9.17, 15) is 19.8 Å². The van der Waals surface area contributed by atoms with Gasteiger partial charge in [-0.05, 0) is 49.4 Å². The summed E-state index contributed by atoms with van der Waals surface area (Å²) < 4.78 is 5.53. The molecule has 1 saturated carbocycles. The number of aromatic hydroxyl groups is 1. The Morgan fingerprint density at radius 2 is 2.11 bits per heavy atom. The third-order valence-electron chi connectivity index (χ3n) is 5.62. The summed E-state index contributed by atoms with van der Waals surface area (Å²) in [5, 5.41) is 25.9. The smallest absolute Gasteiger partial charge is 0.308 e. The van der Waals surface area contributed by atoms with Crippen molar-refractivity contribution < 1.29 is 24.3 Å². The number of benzene rings is 1. The van der Waals surface area contributed by atoms with Crippen LogP contribution in [0.1, 0.15) is 42.5 Å². The first-order valence-corrected chi connectivity index (χ1v) is 9.35. The Labute approximate surface area is 156 Å². The van der Waals surface area contributed by atoms with Crippen LogP contribution >= 0.6 is 0 Å². The predicted molar refractivity (Wildman–Crippen MR) is 96.2 cm³/mol. The SMILES string of the molecule is O=C(CCc1noc2c1CCc1cc(O)ccc1-2)NC1CCCC1C(=O)O. The fraction of sp³-hybridized carbons (Fsp3) is 0.450. The topological polar surface area (TPSA) is 113 Å². The van der Waals surface area contributed by atoms with Crippen LogP contribution in [-0.2, 0) is 28.9 Å². The molecule has 0 saturated heterocycles. The van der Waals surface area contributed by atoms with E-state index >= 15 is 0 Å². The molecule has 1 aromatic heterocycles. The van der Waals surface area contributed by atoms with Crippen molar-refractivity contribution in [3.8, 4) is 17.1 Å². The van der Waals surface area contributed by atoms with Crippen LogP contribution in [0.25, 0.3) is 11.3 Å². The highest BCUT2D eigenvalue weighted by molar-refractivity contribution is 5.79. The number of aromatic nitrogens is 1. The Kier molecular flexibility index (Phi) is 4.59. The van der Waals surface area contributed by atoms with E-state index in [0.717, 1.165) is 41.6 Å². The molecule has 142 valence electrons. The second-order valence-electron chi connectivity index (χ2n) is 7.33. The zero-order valence-electron chi connectivity index (χ0n) is 14.9. The summed E-state index contributed by atoms with van der Waals surface area (Å²) in [5.41, 5.74) is 3.77. The molecule has 1 amide bonds. The van der Waals surface area contributed by atoms with Gasteiger partial charge in [-0.25, -0.2) is 0 Å². The largest absolute Gasteiger partial charge is 0.508 e. The van der Waals surface area contributed by atoms with Crippen LogP contribution in [0.2, 0.25) is 0 Å². The van der Waals surface area contributed by atoms with Crippen molar-refractivity contribution in [3.63, 3.8) is 0 Å². The fourth-order valence-corrected chi connectivity index (χ4v) is 4.22. The highest BCUT2D eigenvalue weighted by Gasteiger charge is 2.34. The van der Waals surface area contributed by atoms with E-state index in [1.165, 1.54) is 0 Å². The number of hydrogen-bond acceptors (Lipinski definition) is 5. The molecule has 2 unspecified atom stereocenters. The summed E-state index contributed by atoms with van der Waals surface area (Å²) in [4.78, 5) is 23.5. The minimum absolute atomic E-state index is 0.147. The van der Waals surface area contributed by atoms with E-state index in [0.29, 0.717) is 25.0 Å². The number of aryl methyl sites for hydroxylation is 2. The normalized spacial score (nSPS) is 20.7. The third kappa shape index (κ3) is 3.41. The number of carboxylic acids is 1. The molecule has 2 aliphatic carbocycles. The summed E-state index contributed by atoms with van der Waals surface area (Å²) in [6, 6.07) is 4.93. The van der Waals surface area contributed by atoms with Crippen molar-refractivity contribution in [2.45, 2.75) is 51.0 Å². The molecule has 2 aromatic rings. The molecule has 1 fully saturated rings. The van der Waals surface area contributed by atoms with E-state index < -0.39 is 11.9 Å². The molecule has 3 N–H and O–H groups in total. The number of nitrogens with zero attached hydrogens (tertiary/aromatic N) is 1. The monoisotopic (exact) mass is 370 g/mol. The van der Waals surface area contributed by atoms with E-state index in [4.69, 9.17) is 4.52 Å². The van der Waals surface area contributed by atoms with E-state index in [-0.39, 0.29) is 24.1 Å². The number of carboxylic acid groups (broad SMARTS) is 1. The molecule has 1 heterocycles. The van der Waals surface area contributed by atoms with Crippen molar-refractivity contribution >= 4 is 11.9 Å². The Balaban J connectivity index is 1.41. The summed E-state index contributed by atoms with van der Waals surface area (Å²) in [6.45, 7) is 0. The van der Waals surface area contributed by atoms with Crippen molar-refractivity contribution in [1.82, 2.24) is 10.5 Å². The number of carbonyl (C=O) groups is 2. The standard InChI is InChI=1S/C20H22N2O5/c23-12-5-7-13-11(10-12)4-6-14-17(22-27-19(13)14)8-9-18(24)21-16-3-1-2-15(16)20(25)26/h5,7,10,15-16,23H,1-4,6,8-9H2,(H,21,24)(H,25,26). The molecule has 2 aliphatic rings. The molecule has 0 radical (unpaired) electrons. The molecule has 7 nitrogen and oxygen atoms in total. The van der Waals surface area contributed by atoms with Gasteiger partial charge in [-0.2, -0.15) is 0 Å². The number of phenols is 1. The van der Waals surface area contributed by atoms with Crippen LogP contribution < -0.4 is 5.32 Å².